The van der Waals surface area contributed by atoms with Gasteiger partial charge >= 0.3 is 12.1 Å². The van der Waals surface area contributed by atoms with Crippen LogP contribution in [-0.4, -0.2) is 46.5 Å². The minimum Gasteiger partial charge on any atom is -0.455 e. The zero-order chi connectivity index (χ0) is 26.1. The van der Waals surface area contributed by atoms with Gasteiger partial charge in [0, 0.05) is 19.3 Å². The van der Waals surface area contributed by atoms with E-state index in [9.17, 15) is 14.4 Å². The third kappa shape index (κ3) is 7.36. The lowest BCUT2D eigenvalue weighted by Gasteiger charge is -2.13. The third-order valence-corrected chi connectivity index (χ3v) is 5.31. The Hall–Kier alpha value is -4.28. The number of rotatable bonds is 11. The van der Waals surface area contributed by atoms with Crippen LogP contribution in [0.2, 0.25) is 0 Å². The maximum Gasteiger partial charge on any atom is 0.411 e. The molecule has 0 unspecified atom stereocenters. The number of unbranched alkanes of at least 4 members (excludes halogenated alkanes) is 1. The number of benzene rings is 1. The van der Waals surface area contributed by atoms with Crippen molar-refractivity contribution in [2.45, 2.75) is 46.0 Å². The lowest BCUT2D eigenvalue weighted by molar-refractivity contribution is 0.0762. The number of hydrogen-bond acceptors (Lipinski definition) is 6. The number of aromatic nitrogens is 2. The van der Waals surface area contributed by atoms with Crippen LogP contribution in [0.1, 0.15) is 60.8 Å². The quantitative estimate of drug-likeness (QED) is 0.306. The molecule has 11 heteroatoms. The number of H-pyrrole nitrogens is 1. The van der Waals surface area contributed by atoms with Crippen LogP contribution in [0.3, 0.4) is 0 Å². The minimum atomic E-state index is -1.08. The summed E-state index contributed by atoms with van der Waals surface area (Å²) in [6.45, 7) is 4.73. The topological polar surface area (TPSA) is 156 Å². The van der Waals surface area contributed by atoms with Crippen LogP contribution in [-0.2, 0) is 12.8 Å². The molecule has 0 saturated carbocycles. The van der Waals surface area contributed by atoms with Gasteiger partial charge in [0.15, 0.2) is 11.6 Å². The van der Waals surface area contributed by atoms with E-state index in [1.807, 2.05) is 31.2 Å². The van der Waals surface area contributed by atoms with E-state index in [1.165, 1.54) is 5.56 Å². The Balaban J connectivity index is 1.68. The maximum atomic E-state index is 12.5. The molecule has 3 aromatic rings. The van der Waals surface area contributed by atoms with Crippen LogP contribution < -0.4 is 21.1 Å². The van der Waals surface area contributed by atoms with E-state index in [2.05, 4.69) is 27.5 Å². The number of nitrogens with two attached hydrogens (primary N) is 1. The highest BCUT2D eigenvalue weighted by Gasteiger charge is 2.19. The molecule has 0 aliphatic rings. The number of nitrogens with zero attached hydrogens (tertiary/aromatic N) is 2. The van der Waals surface area contributed by atoms with Gasteiger partial charge in [0.2, 0.25) is 0 Å². The van der Waals surface area contributed by atoms with Crippen LogP contribution in [0.4, 0.5) is 21.1 Å². The SMILES string of the molecule is CCCCc1ccc(NC(=O)Nc2[nH]c(Cc3ccc(C(=O)N(C)CCC)o3)nc2OC(N)=O)cc1. The first kappa shape index (κ1) is 26.3. The number of furan rings is 1. The third-order valence-electron chi connectivity index (χ3n) is 5.31. The van der Waals surface area contributed by atoms with Crippen molar-refractivity contribution in [3.8, 4) is 5.88 Å². The van der Waals surface area contributed by atoms with Gasteiger partial charge in [0.1, 0.15) is 11.6 Å². The Bertz CT molecular complexity index is 1180. The molecule has 0 fully saturated rings. The van der Waals surface area contributed by atoms with Crippen LogP contribution >= 0.6 is 0 Å². The Morgan fingerprint density at radius 1 is 1.08 bits per heavy atom. The normalized spacial score (nSPS) is 10.6. The summed E-state index contributed by atoms with van der Waals surface area (Å²) in [5, 5.41) is 5.30. The zero-order valence-electron chi connectivity index (χ0n) is 20.7. The number of aromatic amines is 1. The number of nitrogens with one attached hydrogen (secondary N) is 3. The molecule has 0 atom stereocenters. The molecule has 0 aliphatic carbocycles. The molecule has 36 heavy (non-hydrogen) atoms. The molecule has 3 rings (SSSR count). The number of imidazole rings is 1. The monoisotopic (exact) mass is 496 g/mol. The average molecular weight is 497 g/mol. The molecule has 0 radical (unpaired) electrons. The highest BCUT2D eigenvalue weighted by Crippen LogP contribution is 2.24. The van der Waals surface area contributed by atoms with Gasteiger partial charge in [-0.05, 0) is 49.1 Å². The van der Waals surface area contributed by atoms with E-state index in [4.69, 9.17) is 14.9 Å². The molecule has 0 aliphatic heterocycles. The molecule has 0 bridgehead atoms. The fourth-order valence-electron chi connectivity index (χ4n) is 3.53. The lowest BCUT2D eigenvalue weighted by Crippen LogP contribution is -2.26. The van der Waals surface area contributed by atoms with Gasteiger partial charge in [-0.1, -0.05) is 32.4 Å². The number of anilines is 2. The summed E-state index contributed by atoms with van der Waals surface area (Å²) in [6.07, 6.45) is 3.10. The standard InChI is InChI=1S/C25H32N6O5/c1-4-6-7-16-8-10-17(11-9-16)27-25(34)30-21-22(36-24(26)33)29-20(28-21)15-18-12-13-19(35-18)23(32)31(3)14-5-2/h8-13H,4-7,14-15H2,1-3H3,(H2,26,33)(H,28,29)(H2,27,30,34). The molecule has 0 saturated heterocycles. The summed E-state index contributed by atoms with van der Waals surface area (Å²) in [5.74, 6) is 0.635. The molecular weight excluding hydrogens is 464 g/mol. The van der Waals surface area contributed by atoms with Crippen molar-refractivity contribution in [3.63, 3.8) is 0 Å². The first-order valence-corrected chi connectivity index (χ1v) is 11.9. The molecule has 2 heterocycles. The van der Waals surface area contributed by atoms with Crippen LogP contribution in [0.15, 0.2) is 40.8 Å². The van der Waals surface area contributed by atoms with E-state index in [-0.39, 0.29) is 29.8 Å². The highest BCUT2D eigenvalue weighted by molar-refractivity contribution is 6.00. The van der Waals surface area contributed by atoms with Crippen molar-refractivity contribution >= 4 is 29.5 Å². The van der Waals surface area contributed by atoms with Crippen molar-refractivity contribution in [2.75, 3.05) is 24.2 Å². The Morgan fingerprint density at radius 2 is 1.83 bits per heavy atom. The number of carbonyl (C=O) groups is 3. The maximum absolute atomic E-state index is 12.5. The molecule has 11 nitrogen and oxygen atoms in total. The van der Waals surface area contributed by atoms with Crippen LogP contribution in [0, 0.1) is 0 Å². The lowest BCUT2D eigenvalue weighted by atomic mass is 10.1. The predicted molar refractivity (Wildman–Crippen MR) is 135 cm³/mol. The second kappa shape index (κ2) is 12.4. The van der Waals surface area contributed by atoms with Crippen LogP contribution in [0.25, 0.3) is 0 Å². The van der Waals surface area contributed by atoms with Gasteiger partial charge in [-0.2, -0.15) is 4.98 Å². The smallest absolute Gasteiger partial charge is 0.411 e. The van der Waals surface area contributed by atoms with Gasteiger partial charge in [-0.25, -0.2) is 9.59 Å². The van der Waals surface area contributed by atoms with E-state index in [0.29, 0.717) is 23.8 Å². The number of primary amides is 1. The van der Waals surface area contributed by atoms with Gasteiger partial charge < -0.3 is 30.1 Å². The van der Waals surface area contributed by atoms with Crippen molar-refractivity contribution in [2.24, 2.45) is 5.73 Å². The van der Waals surface area contributed by atoms with Gasteiger partial charge in [0.25, 0.3) is 11.8 Å². The second-order valence-electron chi connectivity index (χ2n) is 8.33. The molecule has 4 amide bonds. The number of ether oxygens (including phenoxy) is 1. The van der Waals surface area contributed by atoms with Crippen molar-refractivity contribution in [1.29, 1.82) is 0 Å². The van der Waals surface area contributed by atoms with Crippen LogP contribution in [0.5, 0.6) is 5.88 Å². The predicted octanol–water partition coefficient (Wildman–Crippen LogP) is 4.52. The highest BCUT2D eigenvalue weighted by atomic mass is 16.6. The summed E-state index contributed by atoms with van der Waals surface area (Å²) in [6, 6.07) is 10.2. The summed E-state index contributed by atoms with van der Waals surface area (Å²) in [5.41, 5.74) is 6.94. The molecule has 5 N–H and O–H groups in total. The number of amides is 4. The Labute approximate surface area is 209 Å². The number of urea groups is 1. The molecule has 1 aromatic carbocycles. The average Bonchev–Trinajstić information content (AvgIpc) is 3.44. The van der Waals surface area contributed by atoms with Crippen molar-refractivity contribution < 1.29 is 23.5 Å². The first-order chi connectivity index (χ1) is 17.3. The van der Waals surface area contributed by atoms with Gasteiger partial charge in [-0.3, -0.25) is 10.1 Å². The van der Waals surface area contributed by atoms with E-state index < -0.39 is 12.1 Å². The molecule has 2 aromatic heterocycles. The molecule has 192 valence electrons. The van der Waals surface area contributed by atoms with Gasteiger partial charge in [-0.15, -0.1) is 0 Å². The fraction of sp³-hybridized carbons (Fsp3) is 0.360. The summed E-state index contributed by atoms with van der Waals surface area (Å²) >= 11 is 0. The number of hydrogen-bond donors (Lipinski definition) is 4. The zero-order valence-corrected chi connectivity index (χ0v) is 20.7. The number of carbonyl (C=O) groups excluding carboxylic acids is 3. The largest absolute Gasteiger partial charge is 0.455 e. The van der Waals surface area contributed by atoms with Crippen molar-refractivity contribution in [1.82, 2.24) is 14.9 Å². The fourth-order valence-corrected chi connectivity index (χ4v) is 3.53. The minimum absolute atomic E-state index is 0.0476. The van der Waals surface area contributed by atoms with E-state index in [0.717, 1.165) is 25.7 Å². The summed E-state index contributed by atoms with van der Waals surface area (Å²) in [7, 11) is 1.71. The second-order valence-corrected chi connectivity index (χ2v) is 8.33. The summed E-state index contributed by atoms with van der Waals surface area (Å²) < 4.78 is 10.6. The van der Waals surface area contributed by atoms with E-state index in [1.54, 1.807) is 24.1 Å². The summed E-state index contributed by atoms with van der Waals surface area (Å²) in [4.78, 5) is 44.9. The van der Waals surface area contributed by atoms with Gasteiger partial charge in [0.05, 0.1) is 6.42 Å². The van der Waals surface area contributed by atoms with E-state index >= 15 is 0 Å². The Morgan fingerprint density at radius 3 is 2.50 bits per heavy atom. The molecular formula is C25H32N6O5. The Kier molecular flexibility index (Phi) is 9.09. The van der Waals surface area contributed by atoms with Crippen molar-refractivity contribution in [3.05, 3.63) is 59.3 Å². The number of aryl methyl sites for hydroxylation is 1. The first-order valence-electron chi connectivity index (χ1n) is 11.9. The molecule has 0 spiro atoms.